The number of nitrogens with one attached hydrogen (secondary N) is 2. The minimum absolute atomic E-state index is 0.186. The number of nitrogens with zero attached hydrogens (tertiary/aromatic N) is 2. The number of hydrogen-bond acceptors (Lipinski definition) is 5. The Bertz CT molecular complexity index is 1440. The second kappa shape index (κ2) is 9.19. The number of H-pyrrole nitrogens is 1. The summed E-state index contributed by atoms with van der Waals surface area (Å²) in [7, 11) is 0. The molecule has 1 amide bonds. The lowest BCUT2D eigenvalue weighted by molar-refractivity contribution is -0.0149. The van der Waals surface area contributed by atoms with Gasteiger partial charge in [0, 0.05) is 16.8 Å². The number of ether oxygens (including phenoxy) is 1. The second-order valence-corrected chi connectivity index (χ2v) is 9.28. The first-order valence-electron chi connectivity index (χ1n) is 11.4. The highest BCUT2D eigenvalue weighted by Gasteiger charge is 2.17. The minimum Gasteiger partial charge on any atom is -0.436 e. The first-order chi connectivity index (χ1) is 16.9. The van der Waals surface area contributed by atoms with E-state index in [0.717, 1.165) is 27.9 Å². The lowest BCUT2D eigenvalue weighted by Gasteiger charge is -2.19. The minimum atomic E-state index is -0.212. The molecule has 0 aliphatic rings. The molecule has 0 aliphatic heterocycles. The van der Waals surface area contributed by atoms with Gasteiger partial charge in [-0.3, -0.25) is 9.89 Å². The summed E-state index contributed by atoms with van der Waals surface area (Å²) in [5.41, 5.74) is 5.91. The van der Waals surface area contributed by atoms with E-state index in [1.165, 1.54) is 0 Å². The molecule has 176 valence electrons. The molecule has 0 unspecified atom stereocenters. The number of anilines is 1. The van der Waals surface area contributed by atoms with Gasteiger partial charge in [0.05, 0.1) is 29.7 Å². The number of carbonyl (C=O) groups is 1. The number of aromatic nitrogens is 3. The maximum absolute atomic E-state index is 12.8. The molecule has 0 aliphatic carbocycles. The van der Waals surface area contributed by atoms with Crippen LogP contribution in [0.1, 0.15) is 36.7 Å². The third-order valence-electron chi connectivity index (χ3n) is 5.46. The summed E-state index contributed by atoms with van der Waals surface area (Å²) < 4.78 is 11.7. The normalized spacial score (nSPS) is 11.6. The lowest BCUT2D eigenvalue weighted by Crippen LogP contribution is -2.18. The first-order valence-corrected chi connectivity index (χ1v) is 11.4. The molecule has 2 heterocycles. The SMILES string of the molecule is CC(C)(C)OCc1ccc(C(=O)Nc2cccc(-c3[nH]ncc3-c3nc4ccccc4o3)c2)cc1. The molecule has 0 bridgehead atoms. The molecule has 0 saturated carbocycles. The summed E-state index contributed by atoms with van der Waals surface area (Å²) in [6.07, 6.45) is 1.69. The number of aromatic amines is 1. The Labute approximate surface area is 203 Å². The molecule has 35 heavy (non-hydrogen) atoms. The first kappa shape index (κ1) is 22.6. The van der Waals surface area contributed by atoms with E-state index < -0.39 is 0 Å². The standard InChI is InChI=1S/C28H26N4O3/c1-28(2,3)34-17-18-11-13-19(14-12-18)26(33)30-21-8-6-7-20(15-21)25-22(16-29-32-25)27-31-23-9-4-5-10-24(23)35-27/h4-16H,17H2,1-3H3,(H,29,32)(H,30,33). The molecule has 0 saturated heterocycles. The number of para-hydroxylation sites is 2. The highest BCUT2D eigenvalue weighted by molar-refractivity contribution is 6.04. The molecule has 0 atom stereocenters. The summed E-state index contributed by atoms with van der Waals surface area (Å²) in [5, 5.41) is 10.2. The summed E-state index contributed by atoms with van der Waals surface area (Å²) in [6.45, 7) is 6.55. The van der Waals surface area contributed by atoms with E-state index in [9.17, 15) is 4.79 Å². The maximum Gasteiger partial charge on any atom is 0.255 e. The average molecular weight is 467 g/mol. The number of benzene rings is 3. The molecular weight excluding hydrogens is 440 g/mol. The molecule has 5 aromatic rings. The van der Waals surface area contributed by atoms with Gasteiger partial charge in [0.1, 0.15) is 5.52 Å². The van der Waals surface area contributed by atoms with Crippen molar-refractivity contribution in [2.75, 3.05) is 5.32 Å². The van der Waals surface area contributed by atoms with E-state index in [2.05, 4.69) is 20.5 Å². The van der Waals surface area contributed by atoms with Gasteiger partial charge in [-0.15, -0.1) is 0 Å². The average Bonchev–Trinajstić information content (AvgIpc) is 3.50. The van der Waals surface area contributed by atoms with Crippen LogP contribution in [0.25, 0.3) is 33.8 Å². The zero-order chi connectivity index (χ0) is 24.4. The number of hydrogen-bond donors (Lipinski definition) is 2. The summed E-state index contributed by atoms with van der Waals surface area (Å²) >= 11 is 0. The van der Waals surface area contributed by atoms with Crippen LogP contribution in [0, 0.1) is 0 Å². The highest BCUT2D eigenvalue weighted by Crippen LogP contribution is 2.32. The van der Waals surface area contributed by atoms with Gasteiger partial charge in [-0.05, 0) is 62.7 Å². The Morgan fingerprint density at radius 1 is 1.03 bits per heavy atom. The van der Waals surface area contributed by atoms with Gasteiger partial charge < -0.3 is 14.5 Å². The van der Waals surface area contributed by atoms with E-state index in [4.69, 9.17) is 9.15 Å². The van der Waals surface area contributed by atoms with Gasteiger partial charge in [0.25, 0.3) is 5.91 Å². The van der Waals surface area contributed by atoms with Gasteiger partial charge in [-0.25, -0.2) is 4.98 Å². The third kappa shape index (κ3) is 5.15. The Hall–Kier alpha value is -4.23. The van der Waals surface area contributed by atoms with Crippen molar-refractivity contribution in [3.63, 3.8) is 0 Å². The maximum atomic E-state index is 12.8. The second-order valence-electron chi connectivity index (χ2n) is 9.28. The lowest BCUT2D eigenvalue weighted by atomic mass is 10.1. The molecule has 0 radical (unpaired) electrons. The van der Waals surface area contributed by atoms with Crippen LogP contribution in [0.3, 0.4) is 0 Å². The van der Waals surface area contributed by atoms with Crippen molar-refractivity contribution in [2.45, 2.75) is 33.0 Å². The van der Waals surface area contributed by atoms with Crippen molar-refractivity contribution in [1.82, 2.24) is 15.2 Å². The van der Waals surface area contributed by atoms with Crippen LogP contribution in [-0.4, -0.2) is 26.7 Å². The van der Waals surface area contributed by atoms with Crippen molar-refractivity contribution in [3.8, 4) is 22.7 Å². The van der Waals surface area contributed by atoms with Crippen molar-refractivity contribution in [2.24, 2.45) is 0 Å². The van der Waals surface area contributed by atoms with E-state index in [0.29, 0.717) is 29.3 Å². The monoisotopic (exact) mass is 466 g/mol. The molecule has 0 spiro atoms. The smallest absolute Gasteiger partial charge is 0.255 e. The Morgan fingerprint density at radius 3 is 2.60 bits per heavy atom. The summed E-state index contributed by atoms with van der Waals surface area (Å²) in [5.74, 6) is 0.300. The van der Waals surface area contributed by atoms with E-state index >= 15 is 0 Å². The van der Waals surface area contributed by atoms with Crippen LogP contribution in [0.4, 0.5) is 5.69 Å². The fourth-order valence-corrected chi connectivity index (χ4v) is 3.66. The van der Waals surface area contributed by atoms with Gasteiger partial charge in [0.2, 0.25) is 5.89 Å². The number of carbonyl (C=O) groups excluding carboxylic acids is 1. The molecule has 7 nitrogen and oxygen atoms in total. The summed E-state index contributed by atoms with van der Waals surface area (Å²) in [4.78, 5) is 17.4. The molecule has 5 rings (SSSR count). The fourth-order valence-electron chi connectivity index (χ4n) is 3.66. The van der Waals surface area contributed by atoms with Crippen LogP contribution >= 0.6 is 0 Å². The number of oxazole rings is 1. The van der Waals surface area contributed by atoms with Gasteiger partial charge in [-0.2, -0.15) is 5.10 Å². The third-order valence-corrected chi connectivity index (χ3v) is 5.46. The molecule has 2 N–H and O–H groups in total. The van der Waals surface area contributed by atoms with Crippen LogP contribution < -0.4 is 5.32 Å². The van der Waals surface area contributed by atoms with Gasteiger partial charge in [-0.1, -0.05) is 36.4 Å². The molecule has 0 fully saturated rings. The van der Waals surface area contributed by atoms with Crippen LogP contribution in [0.5, 0.6) is 0 Å². The van der Waals surface area contributed by atoms with E-state index in [-0.39, 0.29) is 11.5 Å². The van der Waals surface area contributed by atoms with Gasteiger partial charge >= 0.3 is 0 Å². The zero-order valence-electron chi connectivity index (χ0n) is 19.8. The quantitative estimate of drug-likeness (QED) is 0.300. The van der Waals surface area contributed by atoms with Crippen LogP contribution in [0.15, 0.2) is 83.4 Å². The Morgan fingerprint density at radius 2 is 1.83 bits per heavy atom. The summed E-state index contributed by atoms with van der Waals surface area (Å²) in [6, 6.07) is 22.6. The Kier molecular flexibility index (Phi) is 5.93. The van der Waals surface area contributed by atoms with Crippen molar-refractivity contribution < 1.29 is 13.9 Å². The predicted octanol–water partition coefficient (Wildman–Crippen LogP) is 6.45. The topological polar surface area (TPSA) is 93.0 Å². The number of amides is 1. The Balaban J connectivity index is 1.33. The number of rotatable bonds is 6. The highest BCUT2D eigenvalue weighted by atomic mass is 16.5. The largest absolute Gasteiger partial charge is 0.436 e. The fraction of sp³-hybridized carbons (Fsp3) is 0.179. The van der Waals surface area contributed by atoms with Crippen molar-refractivity contribution >= 4 is 22.7 Å². The number of fused-ring (bicyclic) bond motifs is 1. The zero-order valence-corrected chi connectivity index (χ0v) is 19.8. The van der Waals surface area contributed by atoms with Crippen LogP contribution in [0.2, 0.25) is 0 Å². The van der Waals surface area contributed by atoms with Crippen molar-refractivity contribution in [3.05, 3.63) is 90.1 Å². The molecular formula is C28H26N4O3. The predicted molar refractivity (Wildman–Crippen MR) is 136 cm³/mol. The molecule has 3 aromatic carbocycles. The van der Waals surface area contributed by atoms with Crippen LogP contribution in [-0.2, 0) is 11.3 Å². The van der Waals surface area contributed by atoms with E-state index in [1.54, 1.807) is 18.3 Å². The van der Waals surface area contributed by atoms with Crippen molar-refractivity contribution in [1.29, 1.82) is 0 Å². The molecule has 2 aromatic heterocycles. The molecule has 7 heteroatoms. The van der Waals surface area contributed by atoms with E-state index in [1.807, 2.05) is 81.4 Å². The van der Waals surface area contributed by atoms with Gasteiger partial charge in [0.15, 0.2) is 5.58 Å².